The van der Waals surface area contributed by atoms with E-state index in [1.807, 2.05) is 6.92 Å². The van der Waals surface area contributed by atoms with Crippen molar-refractivity contribution in [2.75, 3.05) is 19.6 Å². The van der Waals surface area contributed by atoms with Crippen molar-refractivity contribution in [3.8, 4) is 0 Å². The number of rotatable bonds is 2. The summed E-state index contributed by atoms with van der Waals surface area (Å²) in [4.78, 5) is 14.5. The van der Waals surface area contributed by atoms with E-state index in [2.05, 4.69) is 18.7 Å². The maximum atomic E-state index is 12.2. The molecule has 0 aromatic heterocycles. The Balaban J connectivity index is 1.94. The third-order valence-electron chi connectivity index (χ3n) is 4.63. The van der Waals surface area contributed by atoms with Gasteiger partial charge in [0.25, 0.3) is 0 Å². The second-order valence-electron chi connectivity index (χ2n) is 6.93. The fraction of sp³-hybridized carbons (Fsp3) is 0.933. The predicted octanol–water partition coefficient (Wildman–Crippen LogP) is 2.08. The maximum Gasteiger partial charge on any atom is 0.137 e. The summed E-state index contributed by atoms with van der Waals surface area (Å²) in [6, 6.07) is 0. The van der Waals surface area contributed by atoms with E-state index in [9.17, 15) is 9.90 Å². The molecule has 2 rings (SSSR count). The molecule has 1 heterocycles. The largest absolute Gasteiger partial charge is 0.389 e. The van der Waals surface area contributed by atoms with Gasteiger partial charge in [-0.3, -0.25) is 9.69 Å². The van der Waals surface area contributed by atoms with Gasteiger partial charge < -0.3 is 5.11 Å². The Morgan fingerprint density at radius 2 is 2.17 bits per heavy atom. The van der Waals surface area contributed by atoms with E-state index in [0.717, 1.165) is 38.9 Å². The van der Waals surface area contributed by atoms with Gasteiger partial charge in [0.05, 0.1) is 5.60 Å². The van der Waals surface area contributed by atoms with Gasteiger partial charge in [0.2, 0.25) is 0 Å². The van der Waals surface area contributed by atoms with Gasteiger partial charge in [0, 0.05) is 25.4 Å². The molecule has 0 bridgehead atoms. The van der Waals surface area contributed by atoms with E-state index >= 15 is 0 Å². The number of carbonyl (C=O) groups is 1. The minimum atomic E-state index is -0.563. The summed E-state index contributed by atoms with van der Waals surface area (Å²) in [5.41, 5.74) is -0.563. The average molecular weight is 253 g/mol. The fourth-order valence-electron chi connectivity index (χ4n) is 3.73. The van der Waals surface area contributed by atoms with Crippen molar-refractivity contribution in [2.45, 2.75) is 52.1 Å². The van der Waals surface area contributed by atoms with Gasteiger partial charge in [0.15, 0.2) is 0 Å². The van der Waals surface area contributed by atoms with Crippen molar-refractivity contribution in [3.05, 3.63) is 0 Å². The molecule has 1 saturated carbocycles. The quantitative estimate of drug-likeness (QED) is 0.819. The van der Waals surface area contributed by atoms with Crippen LogP contribution in [0.25, 0.3) is 0 Å². The first-order valence-corrected chi connectivity index (χ1v) is 7.35. The molecule has 0 radical (unpaired) electrons. The van der Waals surface area contributed by atoms with Crippen molar-refractivity contribution < 1.29 is 9.90 Å². The molecular formula is C15H27NO2. The molecule has 18 heavy (non-hydrogen) atoms. The zero-order chi connectivity index (χ0) is 13.3. The standard InChI is InChI=1S/C15H27NO2/c1-11-7-12(2)13(14(17)8-11)9-16-6-4-5-15(3,18)10-16/h11-13,18H,4-10H2,1-3H3. The number of Topliss-reactive ketones (excluding diaryl/α,β-unsaturated/α-hetero) is 1. The average Bonchev–Trinajstić information content (AvgIpc) is 2.22. The Morgan fingerprint density at radius 3 is 2.78 bits per heavy atom. The van der Waals surface area contributed by atoms with Crippen LogP contribution in [0.5, 0.6) is 0 Å². The Labute approximate surface area is 111 Å². The molecule has 1 saturated heterocycles. The molecule has 3 heteroatoms. The molecule has 3 nitrogen and oxygen atoms in total. The molecule has 1 aliphatic heterocycles. The van der Waals surface area contributed by atoms with Crippen molar-refractivity contribution in [3.63, 3.8) is 0 Å². The van der Waals surface area contributed by atoms with Crippen molar-refractivity contribution in [1.82, 2.24) is 4.90 Å². The normalized spacial score (nSPS) is 43.1. The van der Waals surface area contributed by atoms with Gasteiger partial charge in [-0.1, -0.05) is 13.8 Å². The molecule has 0 aromatic carbocycles. The van der Waals surface area contributed by atoms with Crippen LogP contribution in [0.3, 0.4) is 0 Å². The zero-order valence-corrected chi connectivity index (χ0v) is 12.0. The van der Waals surface area contributed by atoms with E-state index in [-0.39, 0.29) is 5.92 Å². The first-order chi connectivity index (χ1) is 8.37. The summed E-state index contributed by atoms with van der Waals surface area (Å²) >= 11 is 0. The second kappa shape index (κ2) is 5.30. The van der Waals surface area contributed by atoms with Crippen LogP contribution in [0.15, 0.2) is 0 Å². The summed E-state index contributed by atoms with van der Waals surface area (Å²) in [6.45, 7) is 8.90. The molecule has 4 atom stereocenters. The molecule has 2 fully saturated rings. The number of hydrogen-bond donors (Lipinski definition) is 1. The number of ketones is 1. The highest BCUT2D eigenvalue weighted by Crippen LogP contribution is 2.32. The van der Waals surface area contributed by atoms with E-state index in [0.29, 0.717) is 17.6 Å². The highest BCUT2D eigenvalue weighted by atomic mass is 16.3. The van der Waals surface area contributed by atoms with Crippen LogP contribution in [0.2, 0.25) is 0 Å². The van der Waals surface area contributed by atoms with Crippen molar-refractivity contribution in [2.24, 2.45) is 17.8 Å². The molecule has 4 unspecified atom stereocenters. The number of piperidine rings is 1. The van der Waals surface area contributed by atoms with Crippen LogP contribution in [-0.2, 0) is 4.79 Å². The lowest BCUT2D eigenvalue weighted by Gasteiger charge is -2.40. The first-order valence-electron chi connectivity index (χ1n) is 7.35. The van der Waals surface area contributed by atoms with Gasteiger partial charge in [0.1, 0.15) is 5.78 Å². The Morgan fingerprint density at radius 1 is 1.44 bits per heavy atom. The fourth-order valence-corrected chi connectivity index (χ4v) is 3.73. The van der Waals surface area contributed by atoms with Crippen LogP contribution in [0, 0.1) is 17.8 Å². The second-order valence-corrected chi connectivity index (χ2v) is 6.93. The maximum absolute atomic E-state index is 12.2. The van der Waals surface area contributed by atoms with Gasteiger partial charge in [-0.2, -0.15) is 0 Å². The lowest BCUT2D eigenvalue weighted by atomic mass is 9.74. The molecule has 1 N–H and O–H groups in total. The number of nitrogens with zero attached hydrogens (tertiary/aromatic N) is 1. The Bertz CT molecular complexity index is 314. The predicted molar refractivity (Wildman–Crippen MR) is 72.4 cm³/mol. The van der Waals surface area contributed by atoms with Gasteiger partial charge in [-0.05, 0) is 44.6 Å². The van der Waals surface area contributed by atoms with Crippen molar-refractivity contribution >= 4 is 5.78 Å². The minimum Gasteiger partial charge on any atom is -0.389 e. The molecule has 1 aliphatic carbocycles. The smallest absolute Gasteiger partial charge is 0.137 e. The van der Waals surface area contributed by atoms with Crippen LogP contribution >= 0.6 is 0 Å². The van der Waals surface area contributed by atoms with E-state index in [4.69, 9.17) is 0 Å². The van der Waals surface area contributed by atoms with Crippen LogP contribution in [-0.4, -0.2) is 41.0 Å². The SMILES string of the molecule is CC1CC(=O)C(CN2CCCC(C)(O)C2)C(C)C1. The Kier molecular flexibility index (Phi) is 4.12. The van der Waals surface area contributed by atoms with E-state index < -0.39 is 5.60 Å². The summed E-state index contributed by atoms with van der Waals surface area (Å²) < 4.78 is 0. The molecular weight excluding hydrogens is 226 g/mol. The van der Waals surface area contributed by atoms with Crippen LogP contribution < -0.4 is 0 Å². The van der Waals surface area contributed by atoms with Crippen LogP contribution in [0.4, 0.5) is 0 Å². The minimum absolute atomic E-state index is 0.190. The number of hydrogen-bond acceptors (Lipinski definition) is 3. The summed E-state index contributed by atoms with van der Waals surface area (Å²) in [5, 5.41) is 10.1. The number of aliphatic hydroxyl groups is 1. The summed E-state index contributed by atoms with van der Waals surface area (Å²) in [5.74, 6) is 1.67. The van der Waals surface area contributed by atoms with Gasteiger partial charge in [-0.25, -0.2) is 0 Å². The highest BCUT2D eigenvalue weighted by Gasteiger charge is 2.36. The summed E-state index contributed by atoms with van der Waals surface area (Å²) in [6.07, 6.45) is 3.84. The van der Waals surface area contributed by atoms with Gasteiger partial charge >= 0.3 is 0 Å². The molecule has 0 spiro atoms. The molecule has 0 amide bonds. The van der Waals surface area contributed by atoms with Crippen LogP contribution in [0.1, 0.15) is 46.5 Å². The Hall–Kier alpha value is -0.410. The third kappa shape index (κ3) is 3.33. The zero-order valence-electron chi connectivity index (χ0n) is 12.0. The molecule has 2 aliphatic rings. The van der Waals surface area contributed by atoms with Crippen molar-refractivity contribution in [1.29, 1.82) is 0 Å². The van der Waals surface area contributed by atoms with Gasteiger partial charge in [-0.15, -0.1) is 0 Å². The molecule has 104 valence electrons. The van der Waals surface area contributed by atoms with E-state index in [1.165, 1.54) is 6.42 Å². The highest BCUT2D eigenvalue weighted by molar-refractivity contribution is 5.82. The lowest BCUT2D eigenvalue weighted by molar-refractivity contribution is -0.129. The number of likely N-dealkylation sites (tertiary alicyclic amines) is 1. The topological polar surface area (TPSA) is 40.5 Å². The summed E-state index contributed by atoms with van der Waals surface area (Å²) in [7, 11) is 0. The number of carbonyl (C=O) groups excluding carboxylic acids is 1. The number of β-amino-alcohol motifs (C(OH)–C–C–N with tert-alkyl or cyclic N) is 1. The molecule has 0 aromatic rings. The lowest BCUT2D eigenvalue weighted by Crippen LogP contribution is -2.49. The van der Waals surface area contributed by atoms with E-state index in [1.54, 1.807) is 0 Å². The monoisotopic (exact) mass is 253 g/mol. The first kappa shape index (κ1) is 14.0. The third-order valence-corrected chi connectivity index (χ3v) is 4.63.